The third-order valence-electron chi connectivity index (χ3n) is 4.72. The fourth-order valence-corrected chi connectivity index (χ4v) is 2.94. The quantitative estimate of drug-likeness (QED) is 0.765. The normalized spacial score (nSPS) is 20.5. The highest BCUT2D eigenvalue weighted by Crippen LogP contribution is 2.41. The summed E-state index contributed by atoms with van der Waals surface area (Å²) in [6, 6.07) is 0. The van der Waals surface area contributed by atoms with Gasteiger partial charge in [0, 0.05) is 19.2 Å². The highest BCUT2D eigenvalue weighted by Gasteiger charge is 2.34. The van der Waals surface area contributed by atoms with Crippen molar-refractivity contribution >= 4 is 0 Å². The molecule has 0 bridgehead atoms. The van der Waals surface area contributed by atoms with Crippen molar-refractivity contribution in [1.29, 1.82) is 0 Å². The standard InChI is InChI=1S/C17H35NO/c1-15(2,3)18-14-17(10-8-7-9-11-17)13-12-16(4,5)19-6/h18H,7-14H2,1-6H3. The number of rotatable bonds is 6. The van der Waals surface area contributed by atoms with Crippen molar-refractivity contribution in [1.82, 2.24) is 5.32 Å². The van der Waals surface area contributed by atoms with Crippen molar-refractivity contribution < 1.29 is 4.74 Å². The minimum absolute atomic E-state index is 0.0200. The first-order valence-corrected chi connectivity index (χ1v) is 7.98. The van der Waals surface area contributed by atoms with Gasteiger partial charge in [-0.05, 0) is 65.7 Å². The van der Waals surface area contributed by atoms with Gasteiger partial charge in [-0.1, -0.05) is 19.3 Å². The van der Waals surface area contributed by atoms with Crippen molar-refractivity contribution in [2.24, 2.45) is 5.41 Å². The summed E-state index contributed by atoms with van der Waals surface area (Å²) in [5.41, 5.74) is 0.745. The van der Waals surface area contributed by atoms with Gasteiger partial charge in [0.2, 0.25) is 0 Å². The summed E-state index contributed by atoms with van der Waals surface area (Å²) in [4.78, 5) is 0. The summed E-state index contributed by atoms with van der Waals surface area (Å²) in [6.07, 6.45) is 9.45. The Labute approximate surface area is 120 Å². The summed E-state index contributed by atoms with van der Waals surface area (Å²) in [5, 5.41) is 3.75. The third-order valence-corrected chi connectivity index (χ3v) is 4.72. The molecule has 0 heterocycles. The summed E-state index contributed by atoms with van der Waals surface area (Å²) >= 11 is 0. The molecule has 19 heavy (non-hydrogen) atoms. The van der Waals surface area contributed by atoms with Crippen LogP contribution in [0.5, 0.6) is 0 Å². The van der Waals surface area contributed by atoms with Gasteiger partial charge >= 0.3 is 0 Å². The largest absolute Gasteiger partial charge is 0.379 e. The average molecular weight is 269 g/mol. The molecular formula is C17H35NO. The maximum absolute atomic E-state index is 5.60. The predicted octanol–water partition coefficient (Wildman–Crippen LogP) is 4.53. The van der Waals surface area contributed by atoms with Gasteiger partial charge in [-0.2, -0.15) is 0 Å². The lowest BCUT2D eigenvalue weighted by molar-refractivity contribution is -0.00151. The lowest BCUT2D eigenvalue weighted by atomic mass is 9.69. The van der Waals surface area contributed by atoms with E-state index in [1.807, 2.05) is 7.11 Å². The Balaban J connectivity index is 2.60. The zero-order valence-corrected chi connectivity index (χ0v) is 14.1. The summed E-state index contributed by atoms with van der Waals surface area (Å²) in [5.74, 6) is 0. The van der Waals surface area contributed by atoms with Crippen LogP contribution >= 0.6 is 0 Å². The summed E-state index contributed by atoms with van der Waals surface area (Å²) in [6.45, 7) is 12.4. The first kappa shape index (κ1) is 17.0. The third kappa shape index (κ3) is 6.27. The molecule has 0 aliphatic heterocycles. The second-order valence-corrected chi connectivity index (χ2v) is 8.13. The molecule has 0 spiro atoms. The van der Waals surface area contributed by atoms with Gasteiger partial charge in [-0.3, -0.25) is 0 Å². The SMILES string of the molecule is COC(C)(C)CCC1(CNC(C)(C)C)CCCCC1. The van der Waals surface area contributed by atoms with E-state index < -0.39 is 0 Å². The molecule has 0 aromatic carbocycles. The fraction of sp³-hybridized carbons (Fsp3) is 1.00. The summed E-state index contributed by atoms with van der Waals surface area (Å²) < 4.78 is 5.60. The molecule has 1 saturated carbocycles. The Bertz CT molecular complexity index is 259. The van der Waals surface area contributed by atoms with Crippen molar-refractivity contribution in [3.63, 3.8) is 0 Å². The van der Waals surface area contributed by atoms with Crippen LogP contribution in [0.15, 0.2) is 0 Å². The van der Waals surface area contributed by atoms with E-state index in [0.29, 0.717) is 5.41 Å². The van der Waals surface area contributed by atoms with Crippen LogP contribution in [0.1, 0.15) is 79.6 Å². The molecule has 0 unspecified atom stereocenters. The van der Waals surface area contributed by atoms with Crippen LogP contribution in [0.25, 0.3) is 0 Å². The zero-order valence-electron chi connectivity index (χ0n) is 14.1. The lowest BCUT2D eigenvalue weighted by Gasteiger charge is -2.41. The van der Waals surface area contributed by atoms with Crippen LogP contribution in [0.3, 0.4) is 0 Å². The molecule has 1 rings (SSSR count). The second kappa shape index (κ2) is 6.58. The number of hydrogen-bond acceptors (Lipinski definition) is 2. The molecular weight excluding hydrogens is 234 g/mol. The molecule has 0 amide bonds. The van der Waals surface area contributed by atoms with E-state index in [2.05, 4.69) is 39.9 Å². The molecule has 114 valence electrons. The van der Waals surface area contributed by atoms with Gasteiger partial charge in [-0.25, -0.2) is 0 Å². The Hall–Kier alpha value is -0.0800. The highest BCUT2D eigenvalue weighted by molar-refractivity contribution is 4.89. The molecule has 0 radical (unpaired) electrons. The second-order valence-electron chi connectivity index (χ2n) is 8.13. The number of nitrogens with one attached hydrogen (secondary N) is 1. The zero-order chi connectivity index (χ0) is 14.6. The van der Waals surface area contributed by atoms with Gasteiger partial charge in [-0.15, -0.1) is 0 Å². The van der Waals surface area contributed by atoms with Crippen LogP contribution in [0, 0.1) is 5.41 Å². The van der Waals surface area contributed by atoms with Crippen LogP contribution in [0.2, 0.25) is 0 Å². The molecule has 0 saturated heterocycles. The van der Waals surface area contributed by atoms with Gasteiger partial charge < -0.3 is 10.1 Å². The molecule has 1 N–H and O–H groups in total. The average Bonchev–Trinajstić information content (AvgIpc) is 2.35. The molecule has 2 heteroatoms. The fourth-order valence-electron chi connectivity index (χ4n) is 2.94. The van der Waals surface area contributed by atoms with Gasteiger partial charge in [0.1, 0.15) is 0 Å². The predicted molar refractivity (Wildman–Crippen MR) is 83.6 cm³/mol. The van der Waals surface area contributed by atoms with Crippen LogP contribution in [0.4, 0.5) is 0 Å². The minimum Gasteiger partial charge on any atom is -0.379 e. The molecule has 2 nitrogen and oxygen atoms in total. The molecule has 0 aromatic rings. The number of hydrogen-bond donors (Lipinski definition) is 1. The molecule has 1 fully saturated rings. The Morgan fingerprint density at radius 2 is 1.58 bits per heavy atom. The monoisotopic (exact) mass is 269 g/mol. The van der Waals surface area contributed by atoms with Gasteiger partial charge in [0.05, 0.1) is 5.60 Å². The van der Waals surface area contributed by atoms with E-state index in [0.717, 1.165) is 13.0 Å². The number of methoxy groups -OCH3 is 1. The topological polar surface area (TPSA) is 21.3 Å². The Kier molecular flexibility index (Phi) is 5.88. The van der Waals surface area contributed by atoms with Gasteiger partial charge in [0.25, 0.3) is 0 Å². The maximum Gasteiger partial charge on any atom is 0.0623 e. The smallest absolute Gasteiger partial charge is 0.0623 e. The van der Waals surface area contributed by atoms with Crippen molar-refractivity contribution in [2.45, 2.75) is 90.7 Å². The molecule has 1 aliphatic carbocycles. The minimum atomic E-state index is 0.0200. The van der Waals surface area contributed by atoms with Gasteiger partial charge in [0.15, 0.2) is 0 Å². The van der Waals surface area contributed by atoms with Crippen LogP contribution < -0.4 is 5.32 Å². The van der Waals surface area contributed by atoms with Crippen molar-refractivity contribution in [3.05, 3.63) is 0 Å². The molecule has 0 aromatic heterocycles. The van der Waals surface area contributed by atoms with E-state index in [9.17, 15) is 0 Å². The maximum atomic E-state index is 5.60. The van der Waals surface area contributed by atoms with E-state index in [-0.39, 0.29) is 11.1 Å². The van der Waals surface area contributed by atoms with E-state index in [4.69, 9.17) is 4.74 Å². The van der Waals surface area contributed by atoms with E-state index >= 15 is 0 Å². The Morgan fingerprint density at radius 3 is 2.05 bits per heavy atom. The first-order valence-electron chi connectivity index (χ1n) is 7.98. The Morgan fingerprint density at radius 1 is 1.00 bits per heavy atom. The van der Waals surface area contributed by atoms with Crippen molar-refractivity contribution in [3.8, 4) is 0 Å². The van der Waals surface area contributed by atoms with Crippen molar-refractivity contribution in [2.75, 3.05) is 13.7 Å². The molecule has 1 aliphatic rings. The van der Waals surface area contributed by atoms with Crippen LogP contribution in [-0.2, 0) is 4.74 Å². The number of ether oxygens (including phenoxy) is 1. The highest BCUT2D eigenvalue weighted by atomic mass is 16.5. The summed E-state index contributed by atoms with van der Waals surface area (Å²) in [7, 11) is 1.83. The van der Waals surface area contributed by atoms with E-state index in [1.165, 1.54) is 38.5 Å². The first-order chi connectivity index (χ1) is 8.68. The van der Waals surface area contributed by atoms with Crippen LogP contribution in [-0.4, -0.2) is 24.8 Å². The van der Waals surface area contributed by atoms with E-state index in [1.54, 1.807) is 0 Å². The lowest BCUT2D eigenvalue weighted by Crippen LogP contribution is -2.45. The molecule has 0 atom stereocenters.